The third kappa shape index (κ3) is 2.54. The van der Waals surface area contributed by atoms with Gasteiger partial charge in [0.2, 0.25) is 0 Å². The van der Waals surface area contributed by atoms with Gasteiger partial charge in [-0.05, 0) is 50.5 Å². The Morgan fingerprint density at radius 2 is 1.96 bits per heavy atom. The monoisotopic (exact) mass is 342 g/mol. The molecule has 134 valence electrons. The van der Waals surface area contributed by atoms with Crippen LogP contribution in [0.2, 0.25) is 0 Å². The molecule has 0 radical (unpaired) electrons. The molecule has 3 aliphatic rings. The lowest BCUT2D eigenvalue weighted by molar-refractivity contribution is -0.136. The van der Waals surface area contributed by atoms with Gasteiger partial charge in [0.25, 0.3) is 0 Å². The summed E-state index contributed by atoms with van der Waals surface area (Å²) in [5.41, 5.74) is 3.42. The van der Waals surface area contributed by atoms with Gasteiger partial charge in [0.05, 0.1) is 7.11 Å². The Morgan fingerprint density at radius 3 is 2.56 bits per heavy atom. The second kappa shape index (κ2) is 6.08. The predicted octanol–water partition coefficient (Wildman–Crippen LogP) is 3.72. The molecule has 2 unspecified atom stereocenters. The van der Waals surface area contributed by atoms with Crippen LogP contribution in [-0.4, -0.2) is 24.6 Å². The molecule has 25 heavy (non-hydrogen) atoms. The van der Waals surface area contributed by atoms with Gasteiger partial charge in [-0.3, -0.25) is 9.59 Å². The van der Waals surface area contributed by atoms with Crippen LogP contribution >= 0.6 is 0 Å². The number of ether oxygens (including phenoxy) is 1. The molecule has 0 bridgehead atoms. The van der Waals surface area contributed by atoms with Gasteiger partial charge in [0.15, 0.2) is 11.6 Å². The van der Waals surface area contributed by atoms with Crippen molar-refractivity contribution >= 4 is 17.5 Å². The summed E-state index contributed by atoms with van der Waals surface area (Å²) in [5.74, 6) is -0.0772. The van der Waals surface area contributed by atoms with E-state index >= 15 is 0 Å². The maximum Gasteiger partial charge on any atom is 0.333 e. The number of ketones is 2. The molecule has 4 nitrogen and oxygen atoms in total. The average Bonchev–Trinajstić information content (AvgIpc) is 2.56. The first-order chi connectivity index (χ1) is 11.7. The highest BCUT2D eigenvalue weighted by Crippen LogP contribution is 2.56. The Balaban J connectivity index is 2.08. The standard InChI is InChI=1S/C21H26O4/c1-11(2)15-10-17(22)18-14(19(15)23)6-7-16-12(3)13(20(24)25-5)8-9-21(16,18)4/h10-11,16H,6-9H2,1-5H3. The fourth-order valence-electron chi connectivity index (χ4n) is 4.96. The van der Waals surface area contributed by atoms with Crippen molar-refractivity contribution in [3.05, 3.63) is 33.9 Å². The molecule has 0 saturated heterocycles. The van der Waals surface area contributed by atoms with E-state index < -0.39 is 0 Å². The lowest BCUT2D eigenvalue weighted by Gasteiger charge is -2.48. The number of fused-ring (bicyclic) bond motifs is 2. The molecule has 0 aromatic rings. The van der Waals surface area contributed by atoms with Crippen LogP contribution in [0.5, 0.6) is 0 Å². The Bertz CT molecular complexity index is 763. The van der Waals surface area contributed by atoms with Crippen LogP contribution in [0.3, 0.4) is 0 Å². The first kappa shape index (κ1) is 17.8. The second-order valence-electron chi connectivity index (χ2n) is 7.96. The van der Waals surface area contributed by atoms with Crippen LogP contribution in [0.25, 0.3) is 0 Å². The van der Waals surface area contributed by atoms with Gasteiger partial charge in [-0.25, -0.2) is 4.79 Å². The number of esters is 1. The third-order valence-corrected chi connectivity index (χ3v) is 6.34. The number of carbonyl (C=O) groups is 3. The van der Waals surface area contributed by atoms with Crippen molar-refractivity contribution in [1.82, 2.24) is 0 Å². The van der Waals surface area contributed by atoms with Crippen molar-refractivity contribution in [1.29, 1.82) is 0 Å². The van der Waals surface area contributed by atoms with Crippen molar-refractivity contribution in [2.75, 3.05) is 7.11 Å². The van der Waals surface area contributed by atoms with E-state index in [2.05, 4.69) is 6.92 Å². The van der Waals surface area contributed by atoms with E-state index in [0.717, 1.165) is 17.6 Å². The predicted molar refractivity (Wildman–Crippen MR) is 94.7 cm³/mol. The topological polar surface area (TPSA) is 60.4 Å². The SMILES string of the molecule is COC(=O)C1=C(C)C2CCC3=C(C(=O)C=C(C(C)C)C3=O)C2(C)CC1. The molecule has 0 spiro atoms. The number of Topliss-reactive ketones (excluding diaryl/α,β-unsaturated/α-hetero) is 1. The summed E-state index contributed by atoms with van der Waals surface area (Å²) >= 11 is 0. The summed E-state index contributed by atoms with van der Waals surface area (Å²) in [4.78, 5) is 37.9. The van der Waals surface area contributed by atoms with Gasteiger partial charge in [0, 0.05) is 27.7 Å². The van der Waals surface area contributed by atoms with Crippen LogP contribution in [0.4, 0.5) is 0 Å². The quantitative estimate of drug-likeness (QED) is 0.567. The third-order valence-electron chi connectivity index (χ3n) is 6.34. The van der Waals surface area contributed by atoms with E-state index in [1.165, 1.54) is 7.11 Å². The Hall–Kier alpha value is -1.97. The summed E-state index contributed by atoms with van der Waals surface area (Å²) in [6, 6.07) is 0. The zero-order chi connectivity index (χ0) is 18.5. The summed E-state index contributed by atoms with van der Waals surface area (Å²) in [6.07, 6.45) is 4.24. The largest absolute Gasteiger partial charge is 0.466 e. The lowest BCUT2D eigenvalue weighted by atomic mass is 9.54. The van der Waals surface area contributed by atoms with Gasteiger partial charge in [-0.2, -0.15) is 0 Å². The summed E-state index contributed by atoms with van der Waals surface area (Å²) in [7, 11) is 1.40. The van der Waals surface area contributed by atoms with E-state index in [1.54, 1.807) is 6.08 Å². The van der Waals surface area contributed by atoms with Gasteiger partial charge in [0.1, 0.15) is 0 Å². The highest BCUT2D eigenvalue weighted by Gasteiger charge is 2.50. The molecule has 2 atom stereocenters. The maximum absolute atomic E-state index is 12.9. The smallest absolute Gasteiger partial charge is 0.333 e. The van der Waals surface area contributed by atoms with Crippen molar-refractivity contribution in [2.45, 2.75) is 53.4 Å². The number of hydrogen-bond acceptors (Lipinski definition) is 4. The number of rotatable bonds is 2. The first-order valence-corrected chi connectivity index (χ1v) is 9.04. The van der Waals surface area contributed by atoms with Gasteiger partial charge in [-0.1, -0.05) is 26.3 Å². The zero-order valence-corrected chi connectivity index (χ0v) is 15.7. The molecule has 0 aromatic heterocycles. The van der Waals surface area contributed by atoms with Gasteiger partial charge >= 0.3 is 5.97 Å². The summed E-state index contributed by atoms with van der Waals surface area (Å²) < 4.78 is 4.92. The van der Waals surface area contributed by atoms with Crippen LogP contribution in [0.1, 0.15) is 53.4 Å². The Labute approximate surface area is 149 Å². The number of allylic oxidation sites excluding steroid dienone is 5. The van der Waals surface area contributed by atoms with Crippen LogP contribution in [0.15, 0.2) is 33.9 Å². The van der Waals surface area contributed by atoms with Gasteiger partial charge in [-0.15, -0.1) is 0 Å². The zero-order valence-electron chi connectivity index (χ0n) is 15.7. The maximum atomic E-state index is 12.9. The molecule has 0 saturated carbocycles. The molecule has 3 aliphatic carbocycles. The average molecular weight is 342 g/mol. The molecular weight excluding hydrogens is 316 g/mol. The van der Waals surface area contributed by atoms with Crippen molar-refractivity contribution in [3.8, 4) is 0 Å². The second-order valence-corrected chi connectivity index (χ2v) is 7.96. The fraction of sp³-hybridized carbons (Fsp3) is 0.571. The van der Waals surface area contributed by atoms with Crippen molar-refractivity contribution < 1.29 is 19.1 Å². The summed E-state index contributed by atoms with van der Waals surface area (Å²) in [5, 5.41) is 0. The number of carbonyl (C=O) groups excluding carboxylic acids is 3. The Kier molecular flexibility index (Phi) is 4.34. The molecular formula is C21H26O4. The minimum absolute atomic E-state index is 0.0141. The fourth-order valence-corrected chi connectivity index (χ4v) is 4.96. The molecule has 4 heteroatoms. The van der Waals surface area contributed by atoms with Crippen LogP contribution in [0, 0.1) is 17.3 Å². The van der Waals surface area contributed by atoms with E-state index in [0.29, 0.717) is 36.0 Å². The molecule has 0 fully saturated rings. The minimum atomic E-state index is -0.374. The lowest BCUT2D eigenvalue weighted by Crippen LogP contribution is -2.43. The highest BCUT2D eigenvalue weighted by molar-refractivity contribution is 6.23. The van der Waals surface area contributed by atoms with Crippen molar-refractivity contribution in [3.63, 3.8) is 0 Å². The van der Waals surface area contributed by atoms with Gasteiger partial charge < -0.3 is 4.74 Å². The molecule has 0 amide bonds. The Morgan fingerprint density at radius 1 is 1.28 bits per heavy atom. The number of methoxy groups -OCH3 is 1. The van der Waals surface area contributed by atoms with Crippen molar-refractivity contribution in [2.24, 2.45) is 17.3 Å². The first-order valence-electron chi connectivity index (χ1n) is 9.04. The molecule has 0 aliphatic heterocycles. The van der Waals surface area contributed by atoms with E-state index in [1.807, 2.05) is 20.8 Å². The van der Waals surface area contributed by atoms with E-state index in [9.17, 15) is 14.4 Å². The van der Waals surface area contributed by atoms with Crippen LogP contribution in [-0.2, 0) is 19.1 Å². The summed E-state index contributed by atoms with van der Waals surface area (Å²) in [6.45, 7) is 7.96. The normalized spacial score (nSPS) is 29.5. The molecule has 0 heterocycles. The minimum Gasteiger partial charge on any atom is -0.466 e. The van der Waals surface area contributed by atoms with Crippen LogP contribution < -0.4 is 0 Å². The molecule has 0 aromatic carbocycles. The molecule has 3 rings (SSSR count). The highest BCUT2D eigenvalue weighted by atomic mass is 16.5. The number of hydrogen-bond donors (Lipinski definition) is 0. The van der Waals surface area contributed by atoms with E-state index in [4.69, 9.17) is 4.74 Å². The molecule has 0 N–H and O–H groups in total. The van der Waals surface area contributed by atoms with E-state index in [-0.39, 0.29) is 34.8 Å².